The second-order valence-electron chi connectivity index (χ2n) is 8.68. The van der Waals surface area contributed by atoms with Crippen LogP contribution in [-0.4, -0.2) is 37.9 Å². The summed E-state index contributed by atoms with van der Waals surface area (Å²) in [6.45, 7) is 6.99. The average Bonchev–Trinajstić information content (AvgIpc) is 3.34. The van der Waals surface area contributed by atoms with Gasteiger partial charge in [-0.15, -0.1) is 10.2 Å². The van der Waals surface area contributed by atoms with E-state index in [0.717, 1.165) is 0 Å². The Hall–Kier alpha value is -4.07. The van der Waals surface area contributed by atoms with Gasteiger partial charge in [-0.25, -0.2) is 0 Å². The summed E-state index contributed by atoms with van der Waals surface area (Å²) >= 11 is 0. The first-order valence-electron chi connectivity index (χ1n) is 10.4. The Labute approximate surface area is 191 Å². The lowest BCUT2D eigenvalue weighted by Crippen LogP contribution is -2.21. The molecule has 0 atom stereocenters. The number of aromatic hydroxyl groups is 2. The third-order valence-electron chi connectivity index (χ3n) is 5.29. The lowest BCUT2D eigenvalue weighted by atomic mass is 9.85. The van der Waals surface area contributed by atoms with E-state index in [1.807, 2.05) is 6.07 Å². The second-order valence-corrected chi connectivity index (χ2v) is 8.68. The Morgan fingerprint density at radius 2 is 1.70 bits per heavy atom. The molecule has 0 unspecified atom stereocenters. The van der Waals surface area contributed by atoms with Crippen molar-refractivity contribution in [2.45, 2.75) is 27.7 Å². The maximum absolute atomic E-state index is 13.4. The molecule has 0 saturated carbocycles. The number of benzene rings is 2. The lowest BCUT2D eigenvalue weighted by molar-refractivity contribution is 0.0856. The summed E-state index contributed by atoms with van der Waals surface area (Å²) in [5.41, 5.74) is 1.34. The molecule has 0 amide bonds. The average molecular weight is 447 g/mol. The van der Waals surface area contributed by atoms with E-state index in [1.54, 1.807) is 70.2 Å². The molecule has 0 aliphatic rings. The molecule has 4 rings (SSSR count). The molecule has 0 fully saturated rings. The summed E-state index contributed by atoms with van der Waals surface area (Å²) in [4.78, 5) is 13.4. The quantitative estimate of drug-likeness (QED) is 0.407. The summed E-state index contributed by atoms with van der Waals surface area (Å²) in [7, 11) is 1.53. The van der Waals surface area contributed by atoms with Crippen molar-refractivity contribution in [1.82, 2.24) is 14.8 Å². The maximum Gasteiger partial charge on any atom is 0.247 e. The number of hydrogen-bond donors (Lipinski definition) is 2. The van der Waals surface area contributed by atoms with Crippen molar-refractivity contribution in [3.63, 3.8) is 0 Å². The van der Waals surface area contributed by atoms with Crippen LogP contribution in [0.1, 0.15) is 37.0 Å². The first kappa shape index (κ1) is 22.1. The van der Waals surface area contributed by atoms with Gasteiger partial charge in [-0.3, -0.25) is 9.36 Å². The van der Waals surface area contributed by atoms with Crippen molar-refractivity contribution < 1.29 is 24.2 Å². The van der Waals surface area contributed by atoms with E-state index in [1.165, 1.54) is 11.7 Å². The summed E-state index contributed by atoms with van der Waals surface area (Å²) in [5, 5.41) is 29.7. The van der Waals surface area contributed by atoms with Crippen LogP contribution in [-0.2, 0) is 0 Å². The van der Waals surface area contributed by atoms with Crippen LogP contribution in [0.4, 0.5) is 0 Å². The largest absolute Gasteiger partial charge is 0.503 e. The number of methoxy groups -OCH3 is 1. The number of rotatable bonds is 5. The molecule has 170 valence electrons. The Morgan fingerprint density at radius 3 is 2.27 bits per heavy atom. The predicted molar refractivity (Wildman–Crippen MR) is 123 cm³/mol. The molecule has 8 nitrogen and oxygen atoms in total. The molecule has 2 aromatic heterocycles. The number of nitrogens with zero attached hydrogens (tertiary/aromatic N) is 3. The fourth-order valence-corrected chi connectivity index (χ4v) is 3.65. The van der Waals surface area contributed by atoms with Crippen LogP contribution in [0.15, 0.2) is 52.9 Å². The Kier molecular flexibility index (Phi) is 5.45. The number of carbonyl (C=O) groups is 1. The van der Waals surface area contributed by atoms with Gasteiger partial charge in [-0.05, 0) is 36.4 Å². The number of para-hydroxylation sites is 1. The molecule has 33 heavy (non-hydrogen) atoms. The monoisotopic (exact) mass is 447 g/mol. The van der Waals surface area contributed by atoms with E-state index >= 15 is 0 Å². The van der Waals surface area contributed by atoms with Crippen LogP contribution < -0.4 is 4.74 Å². The Balaban J connectivity index is 1.98. The number of ketones is 1. The Bertz CT molecular complexity index is 1330. The minimum Gasteiger partial charge on any atom is -0.503 e. The van der Waals surface area contributed by atoms with Crippen LogP contribution in [0.3, 0.4) is 0 Å². The van der Waals surface area contributed by atoms with Gasteiger partial charge in [0.1, 0.15) is 5.75 Å². The summed E-state index contributed by atoms with van der Waals surface area (Å²) < 4.78 is 12.4. The third kappa shape index (κ3) is 3.84. The van der Waals surface area contributed by atoms with Crippen LogP contribution in [0, 0.1) is 12.3 Å². The van der Waals surface area contributed by atoms with Crippen molar-refractivity contribution in [3.8, 4) is 45.8 Å². The molecular weight excluding hydrogens is 422 g/mol. The van der Waals surface area contributed by atoms with Crippen LogP contribution in [0.5, 0.6) is 17.4 Å². The minimum atomic E-state index is -0.799. The maximum atomic E-state index is 13.4. The zero-order valence-electron chi connectivity index (χ0n) is 19.1. The standard InChI is InChI=1S/C25H25N3O5/c1-14-26-27-23(33-14)15-10-12-16(13-11-15)28-20(17-8-6-7-9-18(17)32-5)19(21(29)24(28)31)22(30)25(2,3)4/h6-13,29,31H,1-5H3. The van der Waals surface area contributed by atoms with E-state index in [9.17, 15) is 15.0 Å². The van der Waals surface area contributed by atoms with E-state index in [4.69, 9.17) is 9.15 Å². The zero-order valence-corrected chi connectivity index (χ0v) is 19.1. The summed E-state index contributed by atoms with van der Waals surface area (Å²) in [6, 6.07) is 14.1. The van der Waals surface area contributed by atoms with E-state index in [2.05, 4.69) is 10.2 Å². The molecule has 0 radical (unpaired) electrons. The van der Waals surface area contributed by atoms with Gasteiger partial charge in [0.15, 0.2) is 11.5 Å². The van der Waals surface area contributed by atoms with Gasteiger partial charge in [0.2, 0.25) is 17.7 Å². The first-order valence-corrected chi connectivity index (χ1v) is 10.4. The van der Waals surface area contributed by atoms with Crippen molar-refractivity contribution in [1.29, 1.82) is 0 Å². The first-order chi connectivity index (χ1) is 15.6. The number of hydrogen-bond acceptors (Lipinski definition) is 7. The minimum absolute atomic E-state index is 0.0288. The molecule has 2 N–H and O–H groups in total. The normalized spacial score (nSPS) is 11.5. The molecule has 0 saturated heterocycles. The van der Waals surface area contributed by atoms with E-state index in [-0.39, 0.29) is 11.3 Å². The molecular formula is C25H25N3O5. The molecule has 4 aromatic rings. The molecule has 0 bridgehead atoms. The van der Waals surface area contributed by atoms with Crippen LogP contribution in [0.2, 0.25) is 0 Å². The third-order valence-corrected chi connectivity index (χ3v) is 5.29. The van der Waals surface area contributed by atoms with Gasteiger partial charge in [0, 0.05) is 29.2 Å². The van der Waals surface area contributed by atoms with Gasteiger partial charge in [0.05, 0.1) is 18.4 Å². The van der Waals surface area contributed by atoms with Crippen molar-refractivity contribution in [3.05, 3.63) is 60.0 Å². The highest BCUT2D eigenvalue weighted by atomic mass is 16.5. The SMILES string of the molecule is COc1ccccc1-c1c(C(=O)C(C)(C)C)c(O)c(O)n1-c1ccc(-c2nnc(C)o2)cc1. The summed E-state index contributed by atoms with van der Waals surface area (Å²) in [6.07, 6.45) is 0. The number of ether oxygens (including phenoxy) is 1. The van der Waals surface area contributed by atoms with Gasteiger partial charge < -0.3 is 19.4 Å². The Morgan fingerprint density at radius 1 is 1.03 bits per heavy atom. The fraction of sp³-hybridized carbons (Fsp3) is 0.240. The van der Waals surface area contributed by atoms with Gasteiger partial charge in [0.25, 0.3) is 0 Å². The fourth-order valence-electron chi connectivity index (χ4n) is 3.65. The second kappa shape index (κ2) is 8.12. The topological polar surface area (TPSA) is 111 Å². The lowest BCUT2D eigenvalue weighted by Gasteiger charge is -2.19. The van der Waals surface area contributed by atoms with Crippen molar-refractivity contribution in [2.24, 2.45) is 5.41 Å². The number of aromatic nitrogens is 3. The molecule has 2 heterocycles. The van der Waals surface area contributed by atoms with E-state index in [0.29, 0.717) is 40.0 Å². The molecule has 0 aliphatic heterocycles. The highest BCUT2D eigenvalue weighted by molar-refractivity contribution is 6.08. The summed E-state index contributed by atoms with van der Waals surface area (Å²) in [5.74, 6) is 0.0837. The molecule has 0 aliphatic carbocycles. The molecule has 2 aromatic carbocycles. The number of carbonyl (C=O) groups excluding carboxylic acids is 1. The van der Waals surface area contributed by atoms with E-state index < -0.39 is 17.0 Å². The predicted octanol–water partition coefficient (Wildman–Crippen LogP) is 5.15. The van der Waals surface area contributed by atoms with Crippen LogP contribution >= 0.6 is 0 Å². The van der Waals surface area contributed by atoms with Gasteiger partial charge in [-0.1, -0.05) is 32.9 Å². The molecule has 8 heteroatoms. The van der Waals surface area contributed by atoms with Crippen molar-refractivity contribution in [2.75, 3.05) is 7.11 Å². The zero-order chi connectivity index (χ0) is 23.9. The number of Topliss-reactive ketones (excluding diaryl/α,β-unsaturated/α-hetero) is 1. The highest BCUT2D eigenvalue weighted by Crippen LogP contribution is 2.47. The van der Waals surface area contributed by atoms with Gasteiger partial charge >= 0.3 is 0 Å². The van der Waals surface area contributed by atoms with Gasteiger partial charge in [-0.2, -0.15) is 0 Å². The molecule has 0 spiro atoms. The van der Waals surface area contributed by atoms with Crippen molar-refractivity contribution >= 4 is 5.78 Å². The van der Waals surface area contributed by atoms with Crippen LogP contribution in [0.25, 0.3) is 28.4 Å². The number of aryl methyl sites for hydroxylation is 1. The highest BCUT2D eigenvalue weighted by Gasteiger charge is 2.35. The smallest absolute Gasteiger partial charge is 0.247 e.